The predicted molar refractivity (Wildman–Crippen MR) is 354 cm³/mol. The van der Waals surface area contributed by atoms with Crippen molar-refractivity contribution in [2.75, 3.05) is 66.1 Å². The number of carbonyl (C=O) groups excluding carboxylic acids is 4. The molecule has 9 heterocycles. The molecule has 0 bridgehead atoms. The number of carbonyl (C=O) groups is 4. The van der Waals surface area contributed by atoms with E-state index < -0.39 is 366 Å². The number of hydrogen-bond acceptors (Lipinski definition) is 47. The van der Waals surface area contributed by atoms with E-state index in [1.165, 1.54) is 6.92 Å². The molecule has 0 aromatic carbocycles. The fourth-order valence-electron chi connectivity index (χ4n) is 14.6. The van der Waals surface area contributed by atoms with E-state index in [-0.39, 0.29) is 6.41 Å². The first-order chi connectivity index (χ1) is 54.5. The van der Waals surface area contributed by atoms with Gasteiger partial charge in [-0.3, -0.25) is 19.2 Å². The van der Waals surface area contributed by atoms with E-state index in [4.69, 9.17) is 85.3 Å². The van der Waals surface area contributed by atoms with Crippen molar-refractivity contribution >= 4 is 24.1 Å². The van der Waals surface area contributed by atoms with Crippen LogP contribution in [0.25, 0.3) is 0 Å². The van der Waals surface area contributed by atoms with Gasteiger partial charge in [0.05, 0.1) is 78.2 Å². The molecule has 0 unspecified atom stereocenters. The number of nitrogens with one attached hydrogen (secondary N) is 4. The molecule has 9 fully saturated rings. The van der Waals surface area contributed by atoms with Gasteiger partial charge in [0.15, 0.2) is 56.6 Å². The Balaban J connectivity index is 1.00. The molecule has 0 aliphatic carbocycles. The lowest BCUT2D eigenvalue weighted by Crippen LogP contribution is -2.71. The summed E-state index contributed by atoms with van der Waals surface area (Å²) in [6.45, 7) is -5.76. The van der Waals surface area contributed by atoms with E-state index in [2.05, 4.69) is 21.3 Å². The number of ether oxygens (including phenoxy) is 18. The fraction of sp³-hybridized carbons (Fsp3) is 0.938. The van der Waals surface area contributed by atoms with Gasteiger partial charge in [0.1, 0.15) is 213 Å². The summed E-state index contributed by atoms with van der Waals surface area (Å²) in [6.07, 6.45) is -84.5. The lowest BCUT2D eigenvalue weighted by Gasteiger charge is -2.51. The van der Waals surface area contributed by atoms with E-state index in [0.717, 1.165) is 20.8 Å². The van der Waals surface area contributed by atoms with Crippen LogP contribution < -0.4 is 21.3 Å². The molecule has 46 atom stereocenters. The van der Waals surface area contributed by atoms with Crippen LogP contribution in [0.1, 0.15) is 27.7 Å². The van der Waals surface area contributed by atoms with Gasteiger partial charge in [-0.25, -0.2) is 0 Å². The molecule has 9 aliphatic heterocycles. The average molecular weight is 1690 g/mol. The van der Waals surface area contributed by atoms with Crippen molar-refractivity contribution in [1.29, 1.82) is 0 Å². The second-order valence-electron chi connectivity index (χ2n) is 28.9. The van der Waals surface area contributed by atoms with Crippen LogP contribution >= 0.6 is 0 Å². The predicted octanol–water partition coefficient (Wildman–Crippen LogP) is -20.0. The lowest BCUT2D eigenvalue weighted by molar-refractivity contribution is -0.391. The Kier molecular flexibility index (Phi) is 34.9. The van der Waals surface area contributed by atoms with Crippen molar-refractivity contribution in [1.82, 2.24) is 21.3 Å². The van der Waals surface area contributed by atoms with Crippen molar-refractivity contribution < 1.29 is 232 Å². The summed E-state index contributed by atoms with van der Waals surface area (Å²) in [5.74, 6) is -2.88. The van der Waals surface area contributed by atoms with Crippen molar-refractivity contribution in [3.05, 3.63) is 0 Å². The van der Waals surface area contributed by atoms with Gasteiger partial charge in [-0.1, -0.05) is 0 Å². The smallest absolute Gasteiger partial charge is 0.217 e. The Labute approximate surface area is 651 Å². The molecular formula is C64H108N4O47. The van der Waals surface area contributed by atoms with Crippen LogP contribution in [0.5, 0.6) is 0 Å². The number of hydrogen-bond donors (Lipinski definition) is 29. The van der Waals surface area contributed by atoms with Crippen LogP contribution in [-0.4, -0.2) is 500 Å². The van der Waals surface area contributed by atoms with Gasteiger partial charge in [-0.05, 0) is 6.92 Å². The van der Waals surface area contributed by atoms with Gasteiger partial charge < -0.3 is 234 Å². The molecule has 51 heteroatoms. The Morgan fingerprint density at radius 2 is 0.609 bits per heavy atom. The Morgan fingerprint density at radius 1 is 0.304 bits per heavy atom. The van der Waals surface area contributed by atoms with Gasteiger partial charge in [0.2, 0.25) is 24.1 Å². The second-order valence-corrected chi connectivity index (χ2v) is 28.9. The Hall–Kier alpha value is -3.84. The molecule has 666 valence electrons. The zero-order valence-corrected chi connectivity index (χ0v) is 61.9. The van der Waals surface area contributed by atoms with Crippen molar-refractivity contribution in [2.45, 2.75) is 310 Å². The van der Waals surface area contributed by atoms with Crippen molar-refractivity contribution in [3.63, 3.8) is 0 Å². The number of aliphatic hydroxyl groups excluding tert-OH is 25. The second kappa shape index (κ2) is 42.3. The molecule has 0 spiro atoms. The molecule has 9 rings (SSSR count). The molecule has 51 nitrogen and oxygen atoms in total. The third kappa shape index (κ3) is 21.4. The minimum absolute atomic E-state index is 0.247. The third-order valence-corrected chi connectivity index (χ3v) is 20.9. The van der Waals surface area contributed by atoms with Crippen LogP contribution in [-0.2, 0) is 104 Å². The topological polar surface area (TPSA) is 788 Å². The van der Waals surface area contributed by atoms with E-state index >= 15 is 0 Å². The van der Waals surface area contributed by atoms with Gasteiger partial charge in [0.25, 0.3) is 0 Å². The summed E-state index contributed by atoms with van der Waals surface area (Å²) in [4.78, 5) is 50.2. The number of rotatable bonds is 33. The molecule has 0 saturated carbocycles. The molecule has 115 heavy (non-hydrogen) atoms. The maximum atomic E-state index is 13.1. The number of aliphatic hydroxyl groups is 25. The van der Waals surface area contributed by atoms with Crippen molar-refractivity contribution in [3.8, 4) is 0 Å². The quantitative estimate of drug-likeness (QED) is 0.0271. The zero-order valence-electron chi connectivity index (χ0n) is 61.9. The maximum absolute atomic E-state index is 13.1. The molecule has 9 saturated heterocycles. The summed E-state index contributed by atoms with van der Waals surface area (Å²) >= 11 is 0. The zero-order chi connectivity index (χ0) is 84.6. The summed E-state index contributed by atoms with van der Waals surface area (Å²) in [6, 6.07) is -6.89. The number of amides is 4. The highest BCUT2D eigenvalue weighted by atomic mass is 16.8. The Morgan fingerprint density at radius 3 is 1.03 bits per heavy atom. The van der Waals surface area contributed by atoms with E-state index in [1.807, 2.05) is 0 Å². The average Bonchev–Trinajstić information content (AvgIpc) is 0.768. The SMILES string of the molecule is CC(=O)N[C@H]1[C@@H](O[C@H]2[C@@H](O)[C@@H](CO[C@@H]3O[C@H](CO)[C@@H](O[C@@H]4O[C@H](CO)[C@H](O)[C@H](O)[C@H]4O[C@@H]4O[C@@H](C)[C@@H](O)[C@@H](O)[C@@H]4O)[C@H](O)[C@H]3NC(C)=O)O[C@@H](O[C@H]3[C@H](O)[C@@H](NC(C)=O)[C@H](O[C@H]4[C@@H](O)[C@@H](CO)O[C@@H](O[C@H]5[C@H](O)[C@@H](O)[C@H](OC[C@@H](CO)NC=O)O[C@@H]5CO)[C@@H]4O)O[C@@H]3CO)[C@@H]2O)O[C@H](CO)[C@@H](O[C@@H]2O[C@H](CO)[C@H](O)[C@H](O)[C@H]2O)[C@@H]1O. The maximum Gasteiger partial charge on any atom is 0.217 e. The van der Waals surface area contributed by atoms with Gasteiger partial charge >= 0.3 is 0 Å². The standard InChI is InChI=1S/C64H108N4O47/c1-16-32(81)40(89)44(93)60(100-16)115-55-42(91)34(83)22(7-71)103-64(55)112-51-24(9-73)104-56(29(37(51)86)66-17(2)78)99-14-28-36(85)54(114-58-30(67-18(3)79)38(87)49(25(10-74)105-58)109-61-45(94)41(90)33(82)21(6-70)101-61)48(97)63(108-28)110-50-26(11-75)106-57(31(39(50)88)68-19(4)80)113-53-35(84)23(8-72)102-62(47(53)96)111-52-27(12-76)107-59(46(95)43(52)92)98-13-20(5-69)65-15-77/h15-16,20-64,69-76,81-97H,5-14H2,1-4H3,(H,65,77)(H,66,78)(H,67,79)(H,68,80)/t16-,20+,21+,22+,23+,24+,25+,26+,27+,28+,29+,30+,31+,32+,33-,34-,35-,36-,37+,38+,39+,40+,41-,42-,43+,44-,45+,46+,47+,48+,49+,50+,51+,52+,53-,54-,55+,56+,57-,58+,59+,60-,61-,62-,63-,64-/m0/s1. The first kappa shape index (κ1) is 95.0. The minimum atomic E-state index is -2.51. The fourth-order valence-corrected chi connectivity index (χ4v) is 14.6. The highest BCUT2D eigenvalue weighted by Crippen LogP contribution is 2.40. The minimum Gasteiger partial charge on any atom is -0.394 e. The van der Waals surface area contributed by atoms with Crippen LogP contribution in [0.4, 0.5) is 0 Å². The van der Waals surface area contributed by atoms with E-state index in [9.17, 15) is 147 Å². The molecule has 0 aromatic heterocycles. The summed E-state index contributed by atoms with van der Waals surface area (Å²) < 4.78 is 106. The lowest BCUT2D eigenvalue weighted by atomic mass is 9.93. The van der Waals surface area contributed by atoms with Crippen LogP contribution in [0.2, 0.25) is 0 Å². The van der Waals surface area contributed by atoms with Gasteiger partial charge in [-0.2, -0.15) is 0 Å². The van der Waals surface area contributed by atoms with Gasteiger partial charge in [0, 0.05) is 20.8 Å². The molecule has 0 aromatic rings. The van der Waals surface area contributed by atoms with Crippen molar-refractivity contribution in [2.24, 2.45) is 0 Å². The van der Waals surface area contributed by atoms with E-state index in [0.29, 0.717) is 0 Å². The van der Waals surface area contributed by atoms with Crippen LogP contribution in [0.3, 0.4) is 0 Å². The summed E-state index contributed by atoms with van der Waals surface area (Å²) in [7, 11) is 0. The molecule has 9 aliphatic rings. The first-order valence-electron chi connectivity index (χ1n) is 36.7. The molecule has 29 N–H and O–H groups in total. The van der Waals surface area contributed by atoms with Gasteiger partial charge in [-0.15, -0.1) is 0 Å². The first-order valence-corrected chi connectivity index (χ1v) is 36.7. The molecular weight excluding hydrogens is 1580 g/mol. The highest BCUT2D eigenvalue weighted by Gasteiger charge is 2.61. The highest BCUT2D eigenvalue weighted by molar-refractivity contribution is 5.74. The van der Waals surface area contributed by atoms with Crippen LogP contribution in [0, 0.1) is 0 Å². The summed E-state index contributed by atoms with van der Waals surface area (Å²) in [5.41, 5.74) is 0. The Bertz CT molecular complexity index is 3010. The largest absolute Gasteiger partial charge is 0.394 e. The summed E-state index contributed by atoms with van der Waals surface area (Å²) in [5, 5.41) is 286. The normalized spacial score (nSPS) is 48.2. The molecule has 4 amide bonds. The third-order valence-electron chi connectivity index (χ3n) is 20.9. The molecule has 0 radical (unpaired) electrons. The van der Waals surface area contributed by atoms with E-state index in [1.54, 1.807) is 0 Å². The monoisotopic (exact) mass is 1680 g/mol. The van der Waals surface area contributed by atoms with Crippen LogP contribution in [0.15, 0.2) is 0 Å².